The molecule has 0 radical (unpaired) electrons. The van der Waals surface area contributed by atoms with E-state index in [4.69, 9.17) is 4.74 Å². The molecular weight excluding hydrogens is 282 g/mol. The van der Waals surface area contributed by atoms with Crippen LogP contribution in [-0.4, -0.2) is 17.3 Å². The summed E-state index contributed by atoms with van der Waals surface area (Å²) in [4.78, 5) is 0. The van der Waals surface area contributed by atoms with Crippen LogP contribution in [0.1, 0.15) is 20.3 Å². The zero-order valence-corrected chi connectivity index (χ0v) is 10.6. The molecule has 1 aromatic carbocycles. The molecule has 0 fully saturated rings. The molecule has 0 aliphatic carbocycles. The fourth-order valence-corrected chi connectivity index (χ4v) is 1.47. The lowest BCUT2D eigenvalue weighted by atomic mass is 10.1. The standard InChI is InChI=1S/C11H13BrF2O2/c1-11(2,15)3-4-16-10-8(13)5-7(12)6-9(10)14/h5-6,15H,3-4H2,1-2H3. The summed E-state index contributed by atoms with van der Waals surface area (Å²) in [5.74, 6) is -1.93. The van der Waals surface area contributed by atoms with Crippen LogP contribution in [0, 0.1) is 11.6 Å². The zero-order chi connectivity index (χ0) is 12.3. The average Bonchev–Trinajstić information content (AvgIpc) is 2.07. The van der Waals surface area contributed by atoms with E-state index in [2.05, 4.69) is 15.9 Å². The molecule has 0 saturated carbocycles. The summed E-state index contributed by atoms with van der Waals surface area (Å²) >= 11 is 2.97. The Hall–Kier alpha value is -0.680. The summed E-state index contributed by atoms with van der Waals surface area (Å²) in [6, 6.07) is 2.25. The van der Waals surface area contributed by atoms with E-state index in [0.717, 1.165) is 12.1 Å². The minimum Gasteiger partial charge on any atom is -0.487 e. The first-order valence-corrected chi connectivity index (χ1v) is 5.58. The first-order valence-electron chi connectivity index (χ1n) is 4.79. The molecule has 2 nitrogen and oxygen atoms in total. The smallest absolute Gasteiger partial charge is 0.190 e. The van der Waals surface area contributed by atoms with E-state index in [1.807, 2.05) is 0 Å². The molecule has 0 aliphatic heterocycles. The van der Waals surface area contributed by atoms with Gasteiger partial charge in [0.1, 0.15) is 0 Å². The van der Waals surface area contributed by atoms with E-state index in [0.29, 0.717) is 10.9 Å². The largest absolute Gasteiger partial charge is 0.487 e. The van der Waals surface area contributed by atoms with Crippen molar-refractivity contribution in [1.82, 2.24) is 0 Å². The van der Waals surface area contributed by atoms with Crippen molar-refractivity contribution in [2.45, 2.75) is 25.9 Å². The Labute approximate surface area is 101 Å². The zero-order valence-electron chi connectivity index (χ0n) is 9.06. The molecule has 0 aromatic heterocycles. The predicted molar refractivity (Wildman–Crippen MR) is 60.5 cm³/mol. The molecule has 90 valence electrons. The highest BCUT2D eigenvalue weighted by Crippen LogP contribution is 2.26. The molecule has 0 heterocycles. The summed E-state index contributed by atoms with van der Waals surface area (Å²) in [5.41, 5.74) is -0.914. The maximum Gasteiger partial charge on any atom is 0.190 e. The minimum atomic E-state index is -0.914. The number of benzene rings is 1. The molecule has 0 bridgehead atoms. The Morgan fingerprint density at radius 2 is 1.81 bits per heavy atom. The Kier molecular flexibility index (Phi) is 4.27. The third kappa shape index (κ3) is 4.06. The Balaban J connectivity index is 2.68. The van der Waals surface area contributed by atoms with E-state index in [1.54, 1.807) is 13.8 Å². The number of rotatable bonds is 4. The highest BCUT2D eigenvalue weighted by Gasteiger charge is 2.15. The van der Waals surface area contributed by atoms with Crippen molar-refractivity contribution < 1.29 is 18.6 Å². The van der Waals surface area contributed by atoms with Gasteiger partial charge >= 0.3 is 0 Å². The van der Waals surface area contributed by atoms with Crippen molar-refractivity contribution >= 4 is 15.9 Å². The molecule has 0 aliphatic rings. The van der Waals surface area contributed by atoms with E-state index >= 15 is 0 Å². The molecule has 0 saturated heterocycles. The maximum absolute atomic E-state index is 13.3. The van der Waals surface area contributed by atoms with Gasteiger partial charge in [-0.1, -0.05) is 15.9 Å². The first kappa shape index (κ1) is 13.4. The molecule has 16 heavy (non-hydrogen) atoms. The quantitative estimate of drug-likeness (QED) is 0.924. The summed E-state index contributed by atoms with van der Waals surface area (Å²) < 4.78 is 31.8. The van der Waals surface area contributed by atoms with Gasteiger partial charge in [-0.15, -0.1) is 0 Å². The van der Waals surface area contributed by atoms with Crippen LogP contribution in [0.25, 0.3) is 0 Å². The van der Waals surface area contributed by atoms with Gasteiger partial charge in [0.15, 0.2) is 17.4 Å². The van der Waals surface area contributed by atoms with Gasteiger partial charge in [-0.25, -0.2) is 8.78 Å². The third-order valence-corrected chi connectivity index (χ3v) is 2.38. The second-order valence-electron chi connectivity index (χ2n) is 4.11. The molecular formula is C11H13BrF2O2. The van der Waals surface area contributed by atoms with Crippen LogP contribution >= 0.6 is 15.9 Å². The number of aliphatic hydroxyl groups is 1. The van der Waals surface area contributed by atoms with E-state index < -0.39 is 23.0 Å². The molecule has 0 unspecified atom stereocenters. The number of hydrogen-bond donors (Lipinski definition) is 1. The van der Waals surface area contributed by atoms with Gasteiger partial charge in [0.05, 0.1) is 12.2 Å². The van der Waals surface area contributed by atoms with E-state index in [-0.39, 0.29) is 6.61 Å². The SMILES string of the molecule is CC(C)(O)CCOc1c(F)cc(Br)cc1F. The molecule has 1 rings (SSSR count). The summed E-state index contributed by atoms with van der Waals surface area (Å²) in [6.07, 6.45) is 0.294. The van der Waals surface area contributed by atoms with Crippen molar-refractivity contribution in [2.75, 3.05) is 6.61 Å². The van der Waals surface area contributed by atoms with Crippen LogP contribution in [0.3, 0.4) is 0 Å². The lowest BCUT2D eigenvalue weighted by molar-refractivity contribution is 0.0540. The van der Waals surface area contributed by atoms with Gasteiger partial charge in [-0.3, -0.25) is 0 Å². The van der Waals surface area contributed by atoms with Gasteiger partial charge in [-0.2, -0.15) is 0 Å². The van der Waals surface area contributed by atoms with Crippen LogP contribution in [0.4, 0.5) is 8.78 Å². The van der Waals surface area contributed by atoms with E-state index in [1.165, 1.54) is 0 Å². The summed E-state index contributed by atoms with van der Waals surface area (Å²) in [5, 5.41) is 9.40. The Bertz CT molecular complexity index is 352. The first-order chi connectivity index (χ1) is 7.29. The molecule has 0 amide bonds. The van der Waals surface area contributed by atoms with Crippen LogP contribution < -0.4 is 4.74 Å². The van der Waals surface area contributed by atoms with E-state index in [9.17, 15) is 13.9 Å². The summed E-state index contributed by atoms with van der Waals surface area (Å²) in [6.45, 7) is 3.26. The highest BCUT2D eigenvalue weighted by atomic mass is 79.9. The number of ether oxygens (including phenoxy) is 1. The van der Waals surface area contributed by atoms with Crippen molar-refractivity contribution in [3.8, 4) is 5.75 Å². The van der Waals surface area contributed by atoms with Crippen molar-refractivity contribution in [1.29, 1.82) is 0 Å². The normalized spacial score (nSPS) is 11.6. The monoisotopic (exact) mass is 294 g/mol. The van der Waals surface area contributed by atoms with Crippen molar-refractivity contribution in [3.63, 3.8) is 0 Å². The van der Waals surface area contributed by atoms with Crippen LogP contribution in [-0.2, 0) is 0 Å². The lowest BCUT2D eigenvalue weighted by Gasteiger charge is -2.17. The third-order valence-electron chi connectivity index (χ3n) is 1.92. The van der Waals surface area contributed by atoms with Gasteiger partial charge in [0.2, 0.25) is 0 Å². The minimum absolute atomic E-state index is 0.0545. The van der Waals surface area contributed by atoms with Gasteiger partial charge in [0.25, 0.3) is 0 Å². The van der Waals surface area contributed by atoms with Crippen molar-refractivity contribution in [3.05, 3.63) is 28.2 Å². The maximum atomic E-state index is 13.3. The Morgan fingerprint density at radius 1 is 1.31 bits per heavy atom. The molecule has 1 aromatic rings. The molecule has 1 N–H and O–H groups in total. The number of hydrogen-bond acceptors (Lipinski definition) is 2. The van der Waals surface area contributed by atoms with Crippen LogP contribution in [0.5, 0.6) is 5.75 Å². The predicted octanol–water partition coefficient (Wildman–Crippen LogP) is 3.27. The van der Waals surface area contributed by atoms with Crippen LogP contribution in [0.2, 0.25) is 0 Å². The summed E-state index contributed by atoms with van der Waals surface area (Å²) in [7, 11) is 0. The molecule has 0 atom stereocenters. The number of halogens is 3. The topological polar surface area (TPSA) is 29.5 Å². The Morgan fingerprint density at radius 3 is 2.25 bits per heavy atom. The lowest BCUT2D eigenvalue weighted by Crippen LogP contribution is -2.22. The second kappa shape index (κ2) is 5.10. The highest BCUT2D eigenvalue weighted by molar-refractivity contribution is 9.10. The molecule has 0 spiro atoms. The second-order valence-corrected chi connectivity index (χ2v) is 5.03. The average molecular weight is 295 g/mol. The van der Waals surface area contributed by atoms with Crippen molar-refractivity contribution in [2.24, 2.45) is 0 Å². The van der Waals surface area contributed by atoms with Crippen LogP contribution in [0.15, 0.2) is 16.6 Å². The van der Waals surface area contributed by atoms with Gasteiger partial charge in [-0.05, 0) is 26.0 Å². The molecule has 5 heteroatoms. The fourth-order valence-electron chi connectivity index (χ4n) is 1.07. The van der Waals surface area contributed by atoms with Gasteiger partial charge in [0, 0.05) is 10.9 Å². The van der Waals surface area contributed by atoms with Gasteiger partial charge < -0.3 is 9.84 Å². The fraction of sp³-hybridized carbons (Fsp3) is 0.455.